The molecule has 0 spiro atoms. The Kier molecular flexibility index (Phi) is 41.0. The van der Waals surface area contributed by atoms with Crippen LogP contribution in [0.2, 0.25) is 0 Å². The number of piperidine rings is 3. The Morgan fingerprint density at radius 1 is 0.912 bits per heavy atom. The topological polar surface area (TPSA) is 100 Å². The molecule has 7 nitrogen and oxygen atoms in total. The van der Waals surface area contributed by atoms with Gasteiger partial charge in [0.25, 0.3) is 0 Å². The SMILES string of the molecule is C1CCNCC1.C1CC[NH2+]CC1.CC=O.CSCCC(C)=O.CSCN1CCCCC1.O=C=O. The predicted molar refractivity (Wildman–Crippen MR) is 146 cm³/mol. The number of carbonyl (C=O) groups is 2. The van der Waals surface area contributed by atoms with Gasteiger partial charge in [-0.1, -0.05) is 12.8 Å². The summed E-state index contributed by atoms with van der Waals surface area (Å²) in [6.45, 7) is 11.0. The number of rotatable bonds is 5. The zero-order chi connectivity index (χ0) is 26.1. The molecule has 3 heterocycles. The van der Waals surface area contributed by atoms with E-state index >= 15 is 0 Å². The zero-order valence-electron chi connectivity index (χ0n) is 22.3. The fourth-order valence-corrected chi connectivity index (χ4v) is 4.33. The lowest BCUT2D eigenvalue weighted by Gasteiger charge is -2.25. The minimum Gasteiger partial charge on any atom is -0.346 e. The Labute approximate surface area is 217 Å². The molecule has 0 aliphatic carbocycles. The molecule has 0 amide bonds. The third-order valence-corrected chi connectivity index (χ3v) is 6.18. The molecule has 0 aromatic heterocycles. The number of nitrogens with zero attached hydrogens (tertiary/aromatic N) is 1. The highest BCUT2D eigenvalue weighted by Gasteiger charge is 2.07. The van der Waals surface area contributed by atoms with Crippen molar-refractivity contribution in [1.82, 2.24) is 10.2 Å². The number of quaternary nitrogens is 1. The molecule has 3 rings (SSSR count). The first-order valence-corrected chi connectivity index (χ1v) is 15.4. The second-order valence-electron chi connectivity index (χ2n) is 8.10. The van der Waals surface area contributed by atoms with Gasteiger partial charge in [-0.25, -0.2) is 0 Å². The lowest BCUT2D eigenvalue weighted by molar-refractivity contribution is -0.662. The van der Waals surface area contributed by atoms with Crippen molar-refractivity contribution in [2.45, 2.75) is 78.1 Å². The molecular weight excluding hydrogens is 470 g/mol. The Morgan fingerprint density at radius 3 is 1.62 bits per heavy atom. The highest BCUT2D eigenvalue weighted by atomic mass is 32.2. The molecule has 0 saturated carbocycles. The smallest absolute Gasteiger partial charge is 0.346 e. The highest BCUT2D eigenvalue weighted by molar-refractivity contribution is 7.98. The van der Waals surface area contributed by atoms with Gasteiger partial charge in [-0.2, -0.15) is 21.4 Å². The van der Waals surface area contributed by atoms with Crippen LogP contribution in [0.5, 0.6) is 0 Å². The number of Topliss-reactive ketones (excluding diaryl/α,β-unsaturated/α-hetero) is 1. The molecule has 0 unspecified atom stereocenters. The minimum atomic E-state index is 0.250. The fraction of sp³-hybridized carbons (Fsp3) is 0.880. The van der Waals surface area contributed by atoms with Gasteiger partial charge in [0.1, 0.15) is 12.1 Å². The Balaban J connectivity index is -0.000000353. The summed E-state index contributed by atoms with van der Waals surface area (Å²) >= 11 is 3.64. The number of hydrogen-bond donors (Lipinski definition) is 2. The van der Waals surface area contributed by atoms with Crippen molar-refractivity contribution in [2.24, 2.45) is 0 Å². The minimum absolute atomic E-state index is 0.250. The van der Waals surface area contributed by atoms with E-state index in [1.807, 2.05) is 18.0 Å². The molecular formula is C25H52N3O4S2+. The zero-order valence-corrected chi connectivity index (χ0v) is 23.9. The standard InChI is InChI=1S/C7H15NS.2C5H11N.C5H10OS.C2H4O.CO2/c1-9-7-8-5-3-2-4-6-8;2*1-2-4-6-5-3-1;1-5(6)3-4-7-2;1-2-3;2-1-3/h2-7H2,1H3;2*6H,1-5H2;3-4H2,1-2H3;2H,1H3;/p+1. The molecule has 0 radical (unpaired) electrons. The lowest BCUT2D eigenvalue weighted by Crippen LogP contribution is -2.85. The van der Waals surface area contributed by atoms with Gasteiger partial charge < -0.3 is 15.4 Å². The van der Waals surface area contributed by atoms with Crippen LogP contribution in [0.25, 0.3) is 0 Å². The van der Waals surface area contributed by atoms with Crippen molar-refractivity contribution in [2.75, 3.05) is 63.4 Å². The maximum atomic E-state index is 10.2. The van der Waals surface area contributed by atoms with Gasteiger partial charge >= 0.3 is 6.15 Å². The number of thioether (sulfide) groups is 2. The van der Waals surface area contributed by atoms with E-state index in [4.69, 9.17) is 14.4 Å². The second kappa shape index (κ2) is 36.9. The van der Waals surface area contributed by atoms with Crippen molar-refractivity contribution in [3.63, 3.8) is 0 Å². The average Bonchev–Trinajstić information content (AvgIpc) is 2.88. The van der Waals surface area contributed by atoms with Crippen molar-refractivity contribution in [1.29, 1.82) is 0 Å². The van der Waals surface area contributed by atoms with E-state index in [1.54, 1.807) is 18.7 Å². The van der Waals surface area contributed by atoms with E-state index in [0.29, 0.717) is 0 Å². The summed E-state index contributed by atoms with van der Waals surface area (Å²) in [6.07, 6.45) is 18.8. The summed E-state index contributed by atoms with van der Waals surface area (Å²) < 4.78 is 0. The second-order valence-corrected chi connectivity index (χ2v) is 9.92. The van der Waals surface area contributed by atoms with Crippen LogP contribution < -0.4 is 10.6 Å². The summed E-state index contributed by atoms with van der Waals surface area (Å²) in [6, 6.07) is 0. The van der Waals surface area contributed by atoms with Crippen LogP contribution in [0.1, 0.15) is 78.1 Å². The number of likely N-dealkylation sites (tertiary alicyclic amines) is 1. The third kappa shape index (κ3) is 41.5. The van der Waals surface area contributed by atoms with Gasteiger partial charge in [-0.3, -0.25) is 9.69 Å². The number of nitrogens with two attached hydrogens (primary N) is 1. The Bertz CT molecular complexity index is 400. The Hall–Kier alpha value is -0.700. The van der Waals surface area contributed by atoms with E-state index in [-0.39, 0.29) is 11.9 Å². The number of ketones is 1. The molecule has 0 aromatic carbocycles. The van der Waals surface area contributed by atoms with Crippen molar-refractivity contribution >= 4 is 41.7 Å². The highest BCUT2D eigenvalue weighted by Crippen LogP contribution is 2.10. The van der Waals surface area contributed by atoms with Crippen LogP contribution in [-0.4, -0.2) is 86.5 Å². The average molecular weight is 523 g/mol. The van der Waals surface area contributed by atoms with E-state index in [9.17, 15) is 4.79 Å². The molecule has 3 aliphatic heterocycles. The van der Waals surface area contributed by atoms with Crippen LogP contribution in [-0.2, 0) is 19.2 Å². The summed E-state index contributed by atoms with van der Waals surface area (Å²) in [7, 11) is 0. The molecule has 0 atom stereocenters. The molecule has 0 bridgehead atoms. The third-order valence-electron chi connectivity index (χ3n) is 4.94. The van der Waals surface area contributed by atoms with Gasteiger partial charge in [0.2, 0.25) is 0 Å². The largest absolute Gasteiger partial charge is 0.373 e. The predicted octanol–water partition coefficient (Wildman–Crippen LogP) is 3.24. The van der Waals surface area contributed by atoms with E-state index in [2.05, 4.69) is 21.8 Å². The molecule has 202 valence electrons. The fourth-order valence-electron chi connectivity index (χ4n) is 3.22. The summed E-state index contributed by atoms with van der Waals surface area (Å²) in [5.74, 6) is 2.49. The number of hydrogen-bond acceptors (Lipinski definition) is 8. The van der Waals surface area contributed by atoms with Crippen LogP contribution in [0.3, 0.4) is 0 Å². The maximum Gasteiger partial charge on any atom is 0.373 e. The summed E-state index contributed by atoms with van der Waals surface area (Å²) in [5, 5.41) is 5.68. The molecule has 9 heteroatoms. The number of nitrogens with one attached hydrogen (secondary N) is 1. The van der Waals surface area contributed by atoms with E-state index in [0.717, 1.165) is 18.5 Å². The number of carbonyl (C=O) groups excluding carboxylic acids is 4. The first kappa shape index (κ1) is 37.8. The molecule has 3 aliphatic rings. The van der Waals surface area contributed by atoms with Gasteiger partial charge in [-0.05, 0) is 103 Å². The van der Waals surface area contributed by atoms with Gasteiger partial charge in [0.15, 0.2) is 0 Å². The van der Waals surface area contributed by atoms with Crippen molar-refractivity contribution < 1.29 is 24.5 Å². The van der Waals surface area contributed by atoms with Crippen molar-refractivity contribution in [3.8, 4) is 0 Å². The van der Waals surface area contributed by atoms with Gasteiger partial charge in [-0.15, -0.1) is 11.8 Å². The molecule has 0 aromatic rings. The Morgan fingerprint density at radius 2 is 1.38 bits per heavy atom. The van der Waals surface area contributed by atoms with E-state index in [1.165, 1.54) is 110 Å². The number of aldehydes is 1. The maximum absolute atomic E-state index is 10.2. The van der Waals surface area contributed by atoms with Crippen LogP contribution >= 0.6 is 23.5 Å². The molecule has 3 fully saturated rings. The quantitative estimate of drug-likeness (QED) is 0.531. The van der Waals surface area contributed by atoms with Gasteiger partial charge in [0.05, 0.1) is 13.1 Å². The normalized spacial score (nSPS) is 16.8. The monoisotopic (exact) mass is 522 g/mol. The first-order valence-electron chi connectivity index (χ1n) is 12.6. The van der Waals surface area contributed by atoms with Crippen LogP contribution in [0.15, 0.2) is 0 Å². The van der Waals surface area contributed by atoms with Crippen LogP contribution in [0.4, 0.5) is 0 Å². The van der Waals surface area contributed by atoms with Crippen LogP contribution in [0, 0.1) is 0 Å². The molecule has 3 saturated heterocycles. The lowest BCUT2D eigenvalue weighted by atomic mass is 10.1. The van der Waals surface area contributed by atoms with E-state index < -0.39 is 0 Å². The summed E-state index contributed by atoms with van der Waals surface area (Å²) in [4.78, 5) is 37.8. The molecule has 3 N–H and O–H groups in total. The van der Waals surface area contributed by atoms with Gasteiger partial charge in [0, 0.05) is 12.3 Å². The summed E-state index contributed by atoms with van der Waals surface area (Å²) in [5.41, 5.74) is 0. The molecule has 34 heavy (non-hydrogen) atoms. The first-order chi connectivity index (χ1) is 16.5. The van der Waals surface area contributed by atoms with Crippen molar-refractivity contribution in [3.05, 3.63) is 0 Å².